The number of benzene rings is 2. The summed E-state index contributed by atoms with van der Waals surface area (Å²) in [6.45, 7) is 5.67. The maximum Gasteiger partial charge on any atom is 0.173 e. The first kappa shape index (κ1) is 13.4. The molecule has 0 saturated heterocycles. The third-order valence-electron chi connectivity index (χ3n) is 2.52. The van der Waals surface area contributed by atoms with Crippen LogP contribution in [0, 0.1) is 0 Å². The molecule has 0 spiro atoms. The van der Waals surface area contributed by atoms with E-state index < -0.39 is 0 Å². The van der Waals surface area contributed by atoms with E-state index in [1.165, 1.54) is 0 Å². The molecule has 0 amide bonds. The summed E-state index contributed by atoms with van der Waals surface area (Å²) < 4.78 is 15.8. The van der Waals surface area contributed by atoms with Gasteiger partial charge in [0.15, 0.2) is 11.3 Å². The van der Waals surface area contributed by atoms with Crippen molar-refractivity contribution < 1.29 is 13.9 Å². The first-order valence-corrected chi connectivity index (χ1v) is 6.46. The van der Waals surface area contributed by atoms with Gasteiger partial charge < -0.3 is 13.9 Å². The Morgan fingerprint density at radius 1 is 0.947 bits per heavy atom. The van der Waals surface area contributed by atoms with Crippen molar-refractivity contribution in [1.29, 1.82) is 0 Å². The van der Waals surface area contributed by atoms with Gasteiger partial charge >= 0.3 is 0 Å². The van der Waals surface area contributed by atoms with Crippen molar-refractivity contribution in [3.8, 4) is 11.5 Å². The second-order valence-corrected chi connectivity index (χ2v) is 3.91. The lowest BCUT2D eigenvalue weighted by Crippen LogP contribution is -1.84. The van der Waals surface area contributed by atoms with Crippen LogP contribution in [0.1, 0.15) is 13.8 Å². The van der Waals surface area contributed by atoms with Gasteiger partial charge in [0.25, 0.3) is 0 Å². The minimum absolute atomic E-state index is 0.786. The van der Waals surface area contributed by atoms with Gasteiger partial charge in [-0.15, -0.1) is 0 Å². The van der Waals surface area contributed by atoms with Gasteiger partial charge in [-0.05, 0) is 38.1 Å². The lowest BCUT2D eigenvalue weighted by Gasteiger charge is -2.01. The van der Waals surface area contributed by atoms with Gasteiger partial charge in [-0.25, -0.2) is 0 Å². The maximum absolute atomic E-state index is 5.64. The SMILES string of the molecule is CCOCC.c1ccc(Oc2cc3ccc2o3)cc1. The van der Waals surface area contributed by atoms with Gasteiger partial charge in [-0.2, -0.15) is 0 Å². The van der Waals surface area contributed by atoms with Crippen LogP contribution in [-0.4, -0.2) is 13.2 Å². The molecule has 2 heterocycles. The Morgan fingerprint density at radius 2 is 1.68 bits per heavy atom. The molecule has 2 aromatic heterocycles. The highest BCUT2D eigenvalue weighted by atomic mass is 16.5. The van der Waals surface area contributed by atoms with Crippen LogP contribution in [0.3, 0.4) is 0 Å². The Morgan fingerprint density at radius 3 is 2.16 bits per heavy atom. The Kier molecular flexibility index (Phi) is 4.81. The van der Waals surface area contributed by atoms with Crippen molar-refractivity contribution in [3.63, 3.8) is 0 Å². The molecule has 0 aliphatic rings. The van der Waals surface area contributed by atoms with Crippen LogP contribution >= 0.6 is 0 Å². The highest BCUT2D eigenvalue weighted by Gasteiger charge is 2.08. The van der Waals surface area contributed by atoms with Crippen molar-refractivity contribution in [2.75, 3.05) is 13.2 Å². The molecular formula is C16H18O3. The average molecular weight is 258 g/mol. The molecular weight excluding hydrogens is 240 g/mol. The molecule has 0 unspecified atom stereocenters. The van der Waals surface area contributed by atoms with E-state index >= 15 is 0 Å². The van der Waals surface area contributed by atoms with Crippen LogP contribution < -0.4 is 4.74 Å². The van der Waals surface area contributed by atoms with Gasteiger partial charge in [-0.1, -0.05) is 18.2 Å². The van der Waals surface area contributed by atoms with E-state index in [0.717, 1.165) is 35.9 Å². The molecule has 19 heavy (non-hydrogen) atoms. The molecule has 2 bridgehead atoms. The Hall–Kier alpha value is -2.00. The van der Waals surface area contributed by atoms with Crippen molar-refractivity contribution in [2.45, 2.75) is 13.8 Å². The third kappa shape index (κ3) is 3.73. The van der Waals surface area contributed by atoms with E-state index in [-0.39, 0.29) is 0 Å². The fourth-order valence-corrected chi connectivity index (χ4v) is 1.66. The van der Waals surface area contributed by atoms with E-state index in [4.69, 9.17) is 13.9 Å². The number of rotatable bonds is 4. The summed E-state index contributed by atoms with van der Waals surface area (Å²) in [5.41, 5.74) is 1.65. The molecule has 0 fully saturated rings. The predicted octanol–water partition coefficient (Wildman–Crippen LogP) is 4.71. The first-order valence-electron chi connectivity index (χ1n) is 6.46. The predicted molar refractivity (Wildman–Crippen MR) is 76.1 cm³/mol. The van der Waals surface area contributed by atoms with Crippen LogP contribution in [0.2, 0.25) is 0 Å². The van der Waals surface area contributed by atoms with Gasteiger partial charge in [-0.3, -0.25) is 0 Å². The summed E-state index contributed by atoms with van der Waals surface area (Å²) in [6, 6.07) is 15.4. The van der Waals surface area contributed by atoms with Gasteiger partial charge in [0, 0.05) is 19.3 Å². The summed E-state index contributed by atoms with van der Waals surface area (Å²) in [5, 5.41) is 0. The molecule has 0 radical (unpaired) electrons. The van der Waals surface area contributed by atoms with Crippen LogP contribution in [0.4, 0.5) is 0 Å². The summed E-state index contributed by atoms with van der Waals surface area (Å²) in [5.74, 6) is 1.62. The molecule has 1 aromatic carbocycles. The van der Waals surface area contributed by atoms with Crippen molar-refractivity contribution >= 4 is 11.2 Å². The van der Waals surface area contributed by atoms with E-state index in [0.29, 0.717) is 0 Å². The Bertz CT molecular complexity index is 569. The average Bonchev–Trinajstić information content (AvgIpc) is 3.04. The Labute approximate surface area is 113 Å². The lowest BCUT2D eigenvalue weighted by atomic mass is 10.3. The molecule has 0 atom stereocenters. The lowest BCUT2D eigenvalue weighted by molar-refractivity contribution is 0.162. The summed E-state index contributed by atoms with van der Waals surface area (Å²) >= 11 is 0. The third-order valence-corrected chi connectivity index (χ3v) is 2.52. The molecule has 0 saturated carbocycles. The molecule has 0 N–H and O–H groups in total. The molecule has 3 heteroatoms. The highest BCUT2D eigenvalue weighted by Crippen LogP contribution is 2.32. The number of hydrogen-bond acceptors (Lipinski definition) is 3. The normalized spacial score (nSPS) is 10.2. The fourth-order valence-electron chi connectivity index (χ4n) is 1.66. The molecule has 100 valence electrons. The van der Waals surface area contributed by atoms with Gasteiger partial charge in [0.1, 0.15) is 11.3 Å². The van der Waals surface area contributed by atoms with E-state index in [1.54, 1.807) is 0 Å². The number of fused-ring (bicyclic) bond motifs is 2. The van der Waals surface area contributed by atoms with Crippen LogP contribution in [0.5, 0.6) is 11.5 Å². The zero-order valence-electron chi connectivity index (χ0n) is 11.3. The second kappa shape index (κ2) is 6.81. The van der Waals surface area contributed by atoms with Crippen molar-refractivity contribution in [3.05, 3.63) is 48.5 Å². The van der Waals surface area contributed by atoms with Crippen LogP contribution in [-0.2, 0) is 4.74 Å². The second-order valence-electron chi connectivity index (χ2n) is 3.91. The number of hydrogen-bond donors (Lipinski definition) is 0. The molecule has 3 aromatic rings. The fraction of sp³-hybridized carbons (Fsp3) is 0.250. The number of furan rings is 2. The minimum atomic E-state index is 0.786. The number of ether oxygens (including phenoxy) is 2. The largest absolute Gasteiger partial charge is 0.453 e. The van der Waals surface area contributed by atoms with Gasteiger partial charge in [0.2, 0.25) is 0 Å². The Balaban J connectivity index is 0.000000232. The summed E-state index contributed by atoms with van der Waals surface area (Å²) in [7, 11) is 0. The van der Waals surface area contributed by atoms with E-state index in [1.807, 2.05) is 62.4 Å². The zero-order valence-corrected chi connectivity index (χ0v) is 11.3. The first-order chi connectivity index (χ1) is 9.33. The molecule has 3 rings (SSSR count). The quantitative estimate of drug-likeness (QED) is 0.679. The molecule has 0 aliphatic heterocycles. The summed E-state index contributed by atoms with van der Waals surface area (Å²) in [4.78, 5) is 0. The highest BCUT2D eigenvalue weighted by molar-refractivity contribution is 5.70. The van der Waals surface area contributed by atoms with Crippen molar-refractivity contribution in [1.82, 2.24) is 0 Å². The topological polar surface area (TPSA) is 31.6 Å². The van der Waals surface area contributed by atoms with Crippen LogP contribution in [0.15, 0.2) is 52.9 Å². The van der Waals surface area contributed by atoms with Gasteiger partial charge in [0.05, 0.1) is 0 Å². The van der Waals surface area contributed by atoms with E-state index in [9.17, 15) is 0 Å². The molecule has 0 aliphatic carbocycles. The number of para-hydroxylation sites is 1. The summed E-state index contributed by atoms with van der Waals surface area (Å²) in [6.07, 6.45) is 0. The minimum Gasteiger partial charge on any atom is -0.453 e. The monoisotopic (exact) mass is 258 g/mol. The molecule has 3 nitrogen and oxygen atoms in total. The maximum atomic E-state index is 5.64. The van der Waals surface area contributed by atoms with E-state index in [2.05, 4.69) is 0 Å². The standard InChI is InChI=1S/C12H8O2.C4H10O/c1-2-4-9(5-3-1)13-12-8-10-6-7-11(12)14-10;1-3-5-4-2/h1-8H;3-4H2,1-2H3. The van der Waals surface area contributed by atoms with Crippen LogP contribution in [0.25, 0.3) is 11.2 Å². The smallest absolute Gasteiger partial charge is 0.173 e. The zero-order chi connectivity index (χ0) is 13.5. The van der Waals surface area contributed by atoms with Crippen molar-refractivity contribution in [2.24, 2.45) is 0 Å².